The summed E-state index contributed by atoms with van der Waals surface area (Å²) in [6, 6.07) is 0. The summed E-state index contributed by atoms with van der Waals surface area (Å²) in [6.07, 6.45) is 10.6. The molecule has 0 aliphatic carbocycles. The Kier molecular flexibility index (Phi) is 12.6. The van der Waals surface area contributed by atoms with Crippen LogP contribution in [0.1, 0.15) is 59.3 Å². The lowest BCUT2D eigenvalue weighted by atomic mass is 9.98. The predicted molar refractivity (Wildman–Crippen MR) is 98.3 cm³/mol. The first kappa shape index (κ1) is 21.8. The van der Waals surface area contributed by atoms with Gasteiger partial charge >= 0.3 is 0 Å². The third kappa shape index (κ3) is 12.0. The van der Waals surface area contributed by atoms with Crippen LogP contribution in [-0.4, -0.2) is 34.6 Å². The first-order valence-corrected chi connectivity index (χ1v) is 8.45. The van der Waals surface area contributed by atoms with Crippen molar-refractivity contribution in [2.24, 2.45) is 0 Å². The summed E-state index contributed by atoms with van der Waals surface area (Å²) in [6.45, 7) is 10.2. The first-order valence-electron chi connectivity index (χ1n) is 8.45. The number of hydrogen-bond acceptors (Lipinski definition) is 3. The van der Waals surface area contributed by atoms with Gasteiger partial charge in [0.2, 0.25) is 0 Å². The summed E-state index contributed by atoms with van der Waals surface area (Å²) in [4.78, 5) is 0. The summed E-state index contributed by atoms with van der Waals surface area (Å²) in [5.74, 6) is 0. The lowest BCUT2D eigenvalue weighted by Crippen LogP contribution is -2.09. The molecule has 0 fully saturated rings. The molecular weight excluding hydrogens is 288 g/mol. The minimum Gasteiger partial charge on any atom is -0.392 e. The molecule has 1 atom stereocenters. The molecular formula is C20H34O3. The Balaban J connectivity index is 4.04. The van der Waals surface area contributed by atoms with Crippen LogP contribution < -0.4 is 0 Å². The predicted octanol–water partition coefficient (Wildman–Crippen LogP) is 4.07. The number of hydrogen-bond donors (Lipinski definition) is 3. The van der Waals surface area contributed by atoms with Crippen LogP contribution in [0.15, 0.2) is 47.1 Å². The molecule has 0 aromatic heterocycles. The van der Waals surface area contributed by atoms with Gasteiger partial charge in [-0.1, -0.05) is 41.5 Å². The molecule has 23 heavy (non-hydrogen) atoms. The van der Waals surface area contributed by atoms with E-state index in [1.165, 1.54) is 11.1 Å². The Morgan fingerprint density at radius 3 is 2.04 bits per heavy atom. The average molecular weight is 322 g/mol. The maximum absolute atomic E-state index is 10.1. The van der Waals surface area contributed by atoms with Crippen molar-refractivity contribution in [3.05, 3.63) is 47.1 Å². The van der Waals surface area contributed by atoms with Crippen LogP contribution in [0.2, 0.25) is 0 Å². The maximum Gasteiger partial charge on any atom is 0.0750 e. The molecule has 0 heterocycles. The number of aliphatic hydroxyl groups excluding tert-OH is 3. The molecule has 0 rings (SSSR count). The zero-order valence-electron chi connectivity index (χ0n) is 15.0. The van der Waals surface area contributed by atoms with E-state index in [2.05, 4.69) is 19.6 Å². The van der Waals surface area contributed by atoms with Gasteiger partial charge in [0.05, 0.1) is 19.3 Å². The third-order valence-corrected chi connectivity index (χ3v) is 3.96. The summed E-state index contributed by atoms with van der Waals surface area (Å²) in [5.41, 5.74) is 4.30. The monoisotopic (exact) mass is 322 g/mol. The van der Waals surface area contributed by atoms with Gasteiger partial charge in [-0.25, -0.2) is 0 Å². The van der Waals surface area contributed by atoms with E-state index in [-0.39, 0.29) is 13.2 Å². The molecule has 0 aliphatic heterocycles. The standard InChI is InChI=1S/C20H34O3/c1-16(7-5-8-17(2)13-14-21)11-12-20(23)19(4)10-6-9-18(3)15-22/h7,9,13,20-23H,4-6,8,10-12,14-15H2,1-3H3/b16-7+,17-13+,18-9+/t20-/m0/s1. The molecule has 3 N–H and O–H groups in total. The van der Waals surface area contributed by atoms with Crippen molar-refractivity contribution in [1.29, 1.82) is 0 Å². The van der Waals surface area contributed by atoms with Gasteiger partial charge in [0.15, 0.2) is 0 Å². The van der Waals surface area contributed by atoms with E-state index in [9.17, 15) is 5.11 Å². The van der Waals surface area contributed by atoms with E-state index in [1.54, 1.807) is 0 Å². The van der Waals surface area contributed by atoms with Gasteiger partial charge in [0.1, 0.15) is 0 Å². The number of rotatable bonds is 12. The van der Waals surface area contributed by atoms with Gasteiger partial charge < -0.3 is 15.3 Å². The highest BCUT2D eigenvalue weighted by atomic mass is 16.3. The second-order valence-corrected chi connectivity index (χ2v) is 6.28. The summed E-state index contributed by atoms with van der Waals surface area (Å²) in [7, 11) is 0. The highest BCUT2D eigenvalue weighted by Gasteiger charge is 2.08. The first-order chi connectivity index (χ1) is 10.9. The summed E-state index contributed by atoms with van der Waals surface area (Å²) < 4.78 is 0. The van der Waals surface area contributed by atoms with Gasteiger partial charge in [0.25, 0.3) is 0 Å². The molecule has 0 aromatic carbocycles. The second kappa shape index (κ2) is 13.3. The van der Waals surface area contributed by atoms with Crippen molar-refractivity contribution >= 4 is 0 Å². The number of aliphatic hydroxyl groups is 3. The van der Waals surface area contributed by atoms with Crippen molar-refractivity contribution in [3.8, 4) is 0 Å². The number of allylic oxidation sites excluding steroid dienone is 4. The summed E-state index contributed by atoms with van der Waals surface area (Å²) in [5, 5.41) is 27.9. The van der Waals surface area contributed by atoms with Gasteiger partial charge in [0, 0.05) is 0 Å². The van der Waals surface area contributed by atoms with E-state index in [0.717, 1.165) is 43.3 Å². The van der Waals surface area contributed by atoms with Crippen molar-refractivity contribution in [1.82, 2.24) is 0 Å². The zero-order valence-corrected chi connectivity index (χ0v) is 15.0. The Bertz CT molecular complexity index is 430. The fraction of sp³-hybridized carbons (Fsp3) is 0.600. The third-order valence-electron chi connectivity index (χ3n) is 3.96. The van der Waals surface area contributed by atoms with E-state index in [0.29, 0.717) is 6.42 Å². The minimum atomic E-state index is -0.461. The molecule has 0 saturated heterocycles. The molecule has 3 nitrogen and oxygen atoms in total. The van der Waals surface area contributed by atoms with E-state index in [1.807, 2.05) is 26.0 Å². The van der Waals surface area contributed by atoms with Crippen LogP contribution in [0.4, 0.5) is 0 Å². The molecule has 0 saturated carbocycles. The zero-order chi connectivity index (χ0) is 17.7. The molecule has 0 unspecified atom stereocenters. The summed E-state index contributed by atoms with van der Waals surface area (Å²) >= 11 is 0. The van der Waals surface area contributed by atoms with Crippen molar-refractivity contribution in [2.75, 3.05) is 13.2 Å². The largest absolute Gasteiger partial charge is 0.392 e. The molecule has 0 bridgehead atoms. The fourth-order valence-electron chi connectivity index (χ4n) is 2.21. The quantitative estimate of drug-likeness (QED) is 0.475. The SMILES string of the molecule is C=C(CC/C=C(\C)CO)[C@@H](O)CC/C(C)=C/CC/C(C)=C/CO. The normalized spacial score (nSPS) is 15.0. The molecule has 0 spiro atoms. The van der Waals surface area contributed by atoms with E-state index < -0.39 is 6.10 Å². The van der Waals surface area contributed by atoms with Gasteiger partial charge in [-0.3, -0.25) is 0 Å². The highest BCUT2D eigenvalue weighted by molar-refractivity contribution is 5.08. The highest BCUT2D eigenvalue weighted by Crippen LogP contribution is 2.17. The average Bonchev–Trinajstić information content (AvgIpc) is 2.52. The van der Waals surface area contributed by atoms with Crippen LogP contribution in [0, 0.1) is 0 Å². The van der Waals surface area contributed by atoms with Gasteiger partial charge in [-0.2, -0.15) is 0 Å². The van der Waals surface area contributed by atoms with Crippen LogP contribution in [-0.2, 0) is 0 Å². The smallest absolute Gasteiger partial charge is 0.0750 e. The Morgan fingerprint density at radius 2 is 1.43 bits per heavy atom. The molecule has 0 amide bonds. The van der Waals surface area contributed by atoms with E-state index in [4.69, 9.17) is 10.2 Å². The van der Waals surface area contributed by atoms with Crippen molar-refractivity contribution in [2.45, 2.75) is 65.4 Å². The molecule has 0 aromatic rings. The molecule has 0 aliphatic rings. The molecule has 0 radical (unpaired) electrons. The molecule has 132 valence electrons. The lowest BCUT2D eigenvalue weighted by molar-refractivity contribution is 0.197. The molecule has 3 heteroatoms. The Hall–Kier alpha value is -1.16. The van der Waals surface area contributed by atoms with Crippen LogP contribution in [0.3, 0.4) is 0 Å². The van der Waals surface area contributed by atoms with Crippen LogP contribution >= 0.6 is 0 Å². The maximum atomic E-state index is 10.1. The topological polar surface area (TPSA) is 60.7 Å². The van der Waals surface area contributed by atoms with Gasteiger partial charge in [-0.15, -0.1) is 0 Å². The minimum absolute atomic E-state index is 0.0893. The Morgan fingerprint density at radius 1 is 0.870 bits per heavy atom. The fourth-order valence-corrected chi connectivity index (χ4v) is 2.21. The van der Waals surface area contributed by atoms with Crippen molar-refractivity contribution in [3.63, 3.8) is 0 Å². The second-order valence-electron chi connectivity index (χ2n) is 6.28. The van der Waals surface area contributed by atoms with Gasteiger partial charge in [-0.05, 0) is 64.9 Å². The van der Waals surface area contributed by atoms with E-state index >= 15 is 0 Å². The van der Waals surface area contributed by atoms with Crippen molar-refractivity contribution < 1.29 is 15.3 Å². The van der Waals surface area contributed by atoms with Crippen LogP contribution in [0.25, 0.3) is 0 Å². The van der Waals surface area contributed by atoms with Crippen LogP contribution in [0.5, 0.6) is 0 Å². The lowest BCUT2D eigenvalue weighted by Gasteiger charge is -2.13. The Labute approximate surface area is 141 Å².